The molecule has 4 nitrogen and oxygen atoms in total. The van der Waals surface area contributed by atoms with E-state index < -0.39 is 38.6 Å². The molecule has 2 rings (SSSR count). The van der Waals surface area contributed by atoms with E-state index in [2.05, 4.69) is 0 Å². The van der Waals surface area contributed by atoms with Gasteiger partial charge in [0.2, 0.25) is 0 Å². The number of carbonyl (C=O) groups excluding carboxylic acids is 1. The van der Waals surface area contributed by atoms with Gasteiger partial charge in [0.1, 0.15) is 5.75 Å². The first-order valence-corrected chi connectivity index (χ1v) is 11.5. The minimum atomic E-state index is -4.81. The molecule has 2 unspecified atom stereocenters. The molecule has 1 aliphatic heterocycles. The van der Waals surface area contributed by atoms with Crippen molar-refractivity contribution in [3.63, 3.8) is 0 Å². The zero-order valence-corrected chi connectivity index (χ0v) is 16.0. The molecular formula is C17H23F3O4Si. The summed E-state index contributed by atoms with van der Waals surface area (Å²) in [7, 11) is -2.68. The molecule has 0 saturated carbocycles. The van der Waals surface area contributed by atoms with Gasteiger partial charge in [-0.1, -0.05) is 17.7 Å². The Morgan fingerprint density at radius 3 is 2.44 bits per heavy atom. The summed E-state index contributed by atoms with van der Waals surface area (Å²) in [6.07, 6.45) is -5.27. The third kappa shape index (κ3) is 4.07. The van der Waals surface area contributed by atoms with E-state index in [4.69, 9.17) is 13.9 Å². The quantitative estimate of drug-likeness (QED) is 0.328. The number of ether oxygens (including phenoxy) is 2. The zero-order chi connectivity index (χ0) is 19.0. The molecule has 2 atom stereocenters. The maximum Gasteiger partial charge on any atom is 0.442 e. The van der Waals surface area contributed by atoms with Crippen LogP contribution in [0.5, 0.6) is 5.75 Å². The van der Waals surface area contributed by atoms with E-state index in [1.54, 1.807) is 38.7 Å². The second-order valence-electron chi connectivity index (χ2n) is 7.08. The molecule has 140 valence electrons. The summed E-state index contributed by atoms with van der Waals surface area (Å²) in [6, 6.07) is 4.79. The van der Waals surface area contributed by atoms with Crippen molar-refractivity contribution < 1.29 is 31.9 Å². The van der Waals surface area contributed by atoms with Crippen LogP contribution in [0.2, 0.25) is 19.6 Å². The van der Waals surface area contributed by atoms with Crippen LogP contribution in [0.25, 0.3) is 0 Å². The molecule has 0 aromatic heterocycles. The second-order valence-corrected chi connectivity index (χ2v) is 11.5. The van der Waals surface area contributed by atoms with Gasteiger partial charge in [0.25, 0.3) is 5.79 Å². The third-order valence-corrected chi connectivity index (χ3v) is 4.72. The van der Waals surface area contributed by atoms with Gasteiger partial charge in [0.15, 0.2) is 8.32 Å². The number of carbonyl (C=O) groups is 1. The number of alkyl halides is 3. The van der Waals surface area contributed by atoms with Gasteiger partial charge in [-0.3, -0.25) is 4.79 Å². The highest BCUT2D eigenvalue weighted by molar-refractivity contribution is 6.69. The molecule has 8 heteroatoms. The van der Waals surface area contributed by atoms with Gasteiger partial charge in [-0.2, -0.15) is 13.2 Å². The number of fused-ring (bicyclic) bond motifs is 1. The average Bonchev–Trinajstić information content (AvgIpc) is 2.43. The van der Waals surface area contributed by atoms with Gasteiger partial charge < -0.3 is 13.9 Å². The fraction of sp³-hybridized carbons (Fsp3) is 0.588. The zero-order valence-electron chi connectivity index (χ0n) is 15.0. The smallest absolute Gasteiger partial charge is 0.426 e. The molecule has 0 spiro atoms. The van der Waals surface area contributed by atoms with Crippen molar-refractivity contribution in [2.24, 2.45) is 0 Å². The van der Waals surface area contributed by atoms with Crippen molar-refractivity contribution in [2.75, 3.05) is 6.61 Å². The first kappa shape index (κ1) is 19.9. The Kier molecular flexibility index (Phi) is 5.37. The predicted molar refractivity (Wildman–Crippen MR) is 89.0 cm³/mol. The number of halogens is 3. The van der Waals surface area contributed by atoms with E-state index >= 15 is 0 Å². The van der Waals surface area contributed by atoms with E-state index in [9.17, 15) is 18.0 Å². The summed E-state index contributed by atoms with van der Waals surface area (Å²) < 4.78 is 58.6. The summed E-state index contributed by atoms with van der Waals surface area (Å²) in [4.78, 5) is 12.0. The van der Waals surface area contributed by atoms with Gasteiger partial charge >= 0.3 is 12.1 Å². The van der Waals surface area contributed by atoms with Crippen LogP contribution in [0, 0.1) is 6.92 Å². The Morgan fingerprint density at radius 2 is 1.92 bits per heavy atom. The van der Waals surface area contributed by atoms with Crippen LogP contribution in [0.15, 0.2) is 18.2 Å². The second kappa shape index (κ2) is 6.73. The van der Waals surface area contributed by atoms with Gasteiger partial charge in [0.05, 0.1) is 12.3 Å². The highest BCUT2D eigenvalue weighted by Gasteiger charge is 2.65. The van der Waals surface area contributed by atoms with Gasteiger partial charge in [-0.05, 0) is 39.6 Å². The normalized spacial score (nSPS) is 20.6. The molecule has 0 amide bonds. The monoisotopic (exact) mass is 376 g/mol. The van der Waals surface area contributed by atoms with Gasteiger partial charge in [-0.25, -0.2) is 0 Å². The van der Waals surface area contributed by atoms with E-state index in [1.165, 1.54) is 13.0 Å². The minimum absolute atomic E-state index is 0.124. The van der Waals surface area contributed by atoms with Crippen molar-refractivity contribution in [3.05, 3.63) is 29.3 Å². The summed E-state index contributed by atoms with van der Waals surface area (Å²) in [6.45, 7) is 8.02. The highest BCUT2D eigenvalue weighted by atomic mass is 28.4. The topological polar surface area (TPSA) is 44.8 Å². The summed E-state index contributed by atoms with van der Waals surface area (Å²) in [5, 5.41) is 0. The lowest BCUT2D eigenvalue weighted by Crippen LogP contribution is -2.59. The Morgan fingerprint density at radius 1 is 1.28 bits per heavy atom. The van der Waals surface area contributed by atoms with Crippen molar-refractivity contribution >= 4 is 14.3 Å². The lowest BCUT2D eigenvalue weighted by molar-refractivity contribution is -0.365. The number of rotatable bonds is 5. The Labute approximate surface area is 146 Å². The fourth-order valence-corrected chi connectivity index (χ4v) is 4.25. The molecule has 1 aromatic rings. The minimum Gasteiger partial charge on any atom is -0.426 e. The lowest BCUT2D eigenvalue weighted by atomic mass is 9.84. The molecule has 1 aromatic carbocycles. The molecule has 1 heterocycles. The van der Waals surface area contributed by atoms with E-state index in [0.29, 0.717) is 0 Å². The van der Waals surface area contributed by atoms with Crippen LogP contribution in [-0.2, 0) is 14.0 Å². The Bertz CT molecular complexity index is 654. The van der Waals surface area contributed by atoms with E-state index in [-0.39, 0.29) is 17.9 Å². The largest absolute Gasteiger partial charge is 0.442 e. The molecule has 0 aliphatic carbocycles. The molecule has 0 radical (unpaired) electrons. The van der Waals surface area contributed by atoms with Crippen LogP contribution in [0.4, 0.5) is 13.2 Å². The van der Waals surface area contributed by atoms with E-state index in [1.807, 2.05) is 0 Å². The molecule has 25 heavy (non-hydrogen) atoms. The molecule has 0 saturated heterocycles. The van der Waals surface area contributed by atoms with Crippen molar-refractivity contribution in [3.8, 4) is 5.75 Å². The summed E-state index contributed by atoms with van der Waals surface area (Å²) >= 11 is 0. The number of benzene rings is 1. The van der Waals surface area contributed by atoms with Crippen LogP contribution >= 0.6 is 0 Å². The van der Waals surface area contributed by atoms with Crippen molar-refractivity contribution in [1.82, 2.24) is 0 Å². The van der Waals surface area contributed by atoms with Crippen molar-refractivity contribution in [2.45, 2.75) is 57.8 Å². The standard InChI is InChI=1S/C17H23F3O4Si/c1-6-22-16(17(18,19)20,24-25(3,4)5)13-10-15(21)23-14-8-7-11(2)9-12(13)14/h7-9,13H,6,10H2,1-5H3. The predicted octanol–water partition coefficient (Wildman–Crippen LogP) is 4.53. The molecule has 1 aliphatic rings. The molecule has 0 fully saturated rings. The maximum atomic E-state index is 14.2. The van der Waals surface area contributed by atoms with Crippen LogP contribution in [0.1, 0.15) is 30.4 Å². The van der Waals surface area contributed by atoms with Gasteiger partial charge in [0, 0.05) is 12.2 Å². The highest BCUT2D eigenvalue weighted by Crippen LogP contribution is 2.51. The summed E-state index contributed by atoms with van der Waals surface area (Å²) in [5.74, 6) is -4.81. The van der Waals surface area contributed by atoms with Crippen molar-refractivity contribution in [1.29, 1.82) is 0 Å². The lowest BCUT2D eigenvalue weighted by Gasteiger charge is -2.45. The Balaban J connectivity index is 2.69. The summed E-state index contributed by atoms with van der Waals surface area (Å²) in [5.41, 5.74) is 1.05. The number of aryl methyl sites for hydroxylation is 1. The third-order valence-electron chi connectivity index (χ3n) is 3.81. The number of esters is 1. The SMILES string of the molecule is CCOC(O[Si](C)(C)C)(C1CC(=O)Oc2ccc(C)cc21)C(F)(F)F. The first-order chi connectivity index (χ1) is 11.4. The van der Waals surface area contributed by atoms with Crippen LogP contribution in [-0.4, -0.2) is 32.9 Å². The number of hydrogen-bond donors (Lipinski definition) is 0. The average molecular weight is 376 g/mol. The van der Waals surface area contributed by atoms with Crippen LogP contribution < -0.4 is 4.74 Å². The fourth-order valence-electron chi connectivity index (χ4n) is 3.02. The van der Waals surface area contributed by atoms with E-state index in [0.717, 1.165) is 5.56 Å². The molecule has 0 bridgehead atoms. The molecular weight excluding hydrogens is 353 g/mol. The van der Waals surface area contributed by atoms with Crippen LogP contribution in [0.3, 0.4) is 0 Å². The Hall–Kier alpha value is -1.38. The first-order valence-electron chi connectivity index (χ1n) is 8.11. The number of hydrogen-bond acceptors (Lipinski definition) is 4. The van der Waals surface area contributed by atoms with Gasteiger partial charge in [-0.15, -0.1) is 0 Å². The maximum absolute atomic E-state index is 14.2. The molecule has 0 N–H and O–H groups in total.